The van der Waals surface area contributed by atoms with Gasteiger partial charge in [-0.3, -0.25) is 10.1 Å². The minimum Gasteiger partial charge on any atom is -0.381 e. The molecular formula is C14H20N2O3S. The van der Waals surface area contributed by atoms with Crippen LogP contribution < -0.4 is 5.32 Å². The molecule has 1 aromatic rings. The van der Waals surface area contributed by atoms with Crippen molar-refractivity contribution in [1.82, 2.24) is 0 Å². The van der Waals surface area contributed by atoms with Crippen LogP contribution in [0.15, 0.2) is 18.2 Å². The van der Waals surface area contributed by atoms with E-state index in [9.17, 15) is 10.1 Å². The molecule has 20 heavy (non-hydrogen) atoms. The lowest BCUT2D eigenvalue weighted by molar-refractivity contribution is -0.384. The first kappa shape index (κ1) is 15.1. The van der Waals surface area contributed by atoms with Crippen molar-refractivity contribution >= 4 is 23.1 Å². The van der Waals surface area contributed by atoms with Crippen molar-refractivity contribution < 1.29 is 9.66 Å². The van der Waals surface area contributed by atoms with E-state index in [1.807, 2.05) is 24.8 Å². The zero-order valence-electron chi connectivity index (χ0n) is 11.6. The summed E-state index contributed by atoms with van der Waals surface area (Å²) >= 11 is 1.87. The monoisotopic (exact) mass is 296 g/mol. The Morgan fingerprint density at radius 2 is 2.20 bits per heavy atom. The molecule has 6 heteroatoms. The zero-order chi connectivity index (χ0) is 14.4. The summed E-state index contributed by atoms with van der Waals surface area (Å²) in [6, 6.07) is 5.29. The number of hydrogen-bond donors (Lipinski definition) is 1. The van der Waals surface area contributed by atoms with Crippen molar-refractivity contribution in [2.24, 2.45) is 0 Å². The Kier molecular flexibility index (Phi) is 5.67. The highest BCUT2D eigenvalue weighted by atomic mass is 32.2. The molecule has 0 atom stereocenters. The van der Waals surface area contributed by atoms with Crippen molar-refractivity contribution in [3.63, 3.8) is 0 Å². The second kappa shape index (κ2) is 7.50. The molecule has 2 rings (SSSR count). The predicted molar refractivity (Wildman–Crippen MR) is 82.4 cm³/mol. The van der Waals surface area contributed by atoms with Gasteiger partial charge >= 0.3 is 0 Å². The number of nitrogens with one attached hydrogen (secondary N) is 1. The number of thioether (sulfide) groups is 1. The molecule has 0 amide bonds. The van der Waals surface area contributed by atoms with E-state index in [1.165, 1.54) is 0 Å². The van der Waals surface area contributed by atoms with Crippen LogP contribution in [-0.4, -0.2) is 29.9 Å². The molecule has 1 fully saturated rings. The summed E-state index contributed by atoms with van der Waals surface area (Å²) in [6.07, 6.45) is 2.13. The van der Waals surface area contributed by atoms with Gasteiger partial charge in [0.05, 0.1) is 4.92 Å². The number of nitro groups is 1. The van der Waals surface area contributed by atoms with Gasteiger partial charge in [-0.15, -0.1) is 0 Å². The number of ether oxygens (including phenoxy) is 1. The summed E-state index contributed by atoms with van der Waals surface area (Å²) in [4.78, 5) is 10.8. The average Bonchev–Trinajstić information content (AvgIpc) is 2.47. The van der Waals surface area contributed by atoms with Gasteiger partial charge in [0.2, 0.25) is 0 Å². The topological polar surface area (TPSA) is 64.4 Å². The van der Waals surface area contributed by atoms with E-state index < -0.39 is 0 Å². The standard InChI is InChI=1S/C14H20N2O3S/c1-2-15-14-11(4-3-5-13(14)16(17)18)10-20-12-6-8-19-9-7-12/h3-5,12,15H,2,6-10H2,1H3. The summed E-state index contributed by atoms with van der Waals surface area (Å²) in [5.74, 6) is 0.800. The number of nitrogens with zero attached hydrogens (tertiary/aromatic N) is 1. The Morgan fingerprint density at radius 1 is 1.45 bits per heavy atom. The van der Waals surface area contributed by atoms with Crippen LogP contribution in [0.25, 0.3) is 0 Å². The first-order valence-electron chi connectivity index (χ1n) is 6.92. The molecule has 1 heterocycles. The van der Waals surface area contributed by atoms with Crippen molar-refractivity contribution in [2.45, 2.75) is 30.8 Å². The van der Waals surface area contributed by atoms with Crippen LogP contribution in [0.3, 0.4) is 0 Å². The minimum atomic E-state index is -0.319. The zero-order valence-corrected chi connectivity index (χ0v) is 12.4. The van der Waals surface area contributed by atoms with Crippen molar-refractivity contribution in [3.8, 4) is 0 Å². The Morgan fingerprint density at radius 3 is 2.85 bits per heavy atom. The Hall–Kier alpha value is -1.27. The molecule has 1 aliphatic rings. The molecule has 0 unspecified atom stereocenters. The molecule has 1 aromatic carbocycles. The smallest absolute Gasteiger partial charge is 0.292 e. The van der Waals surface area contributed by atoms with Gasteiger partial charge in [-0.25, -0.2) is 0 Å². The maximum Gasteiger partial charge on any atom is 0.292 e. The lowest BCUT2D eigenvalue weighted by Gasteiger charge is -2.22. The second-order valence-electron chi connectivity index (χ2n) is 4.72. The molecule has 1 N–H and O–H groups in total. The molecule has 110 valence electrons. The molecule has 1 aliphatic heterocycles. The lowest BCUT2D eigenvalue weighted by Crippen LogP contribution is -2.17. The fourth-order valence-electron chi connectivity index (χ4n) is 2.29. The Labute approximate surface area is 123 Å². The van der Waals surface area contributed by atoms with Crippen molar-refractivity contribution in [2.75, 3.05) is 25.1 Å². The van der Waals surface area contributed by atoms with E-state index in [2.05, 4.69) is 5.32 Å². The highest BCUT2D eigenvalue weighted by molar-refractivity contribution is 7.99. The van der Waals surface area contributed by atoms with E-state index in [-0.39, 0.29) is 10.6 Å². The lowest BCUT2D eigenvalue weighted by atomic mass is 10.1. The Balaban J connectivity index is 2.09. The number of anilines is 1. The number of para-hydroxylation sites is 1. The summed E-state index contributed by atoms with van der Waals surface area (Å²) in [6.45, 7) is 4.28. The van der Waals surface area contributed by atoms with Crippen LogP contribution in [0, 0.1) is 10.1 Å². The van der Waals surface area contributed by atoms with Gasteiger partial charge in [0, 0.05) is 36.8 Å². The molecule has 0 radical (unpaired) electrons. The molecule has 0 aromatic heterocycles. The maximum absolute atomic E-state index is 11.1. The van der Waals surface area contributed by atoms with E-state index in [0.29, 0.717) is 17.5 Å². The van der Waals surface area contributed by atoms with Gasteiger partial charge in [0.15, 0.2) is 0 Å². The highest BCUT2D eigenvalue weighted by Gasteiger charge is 2.19. The van der Waals surface area contributed by atoms with E-state index >= 15 is 0 Å². The van der Waals surface area contributed by atoms with E-state index in [4.69, 9.17) is 4.74 Å². The van der Waals surface area contributed by atoms with Gasteiger partial charge in [-0.05, 0) is 25.3 Å². The summed E-state index contributed by atoms with van der Waals surface area (Å²) in [5.41, 5.74) is 1.84. The minimum absolute atomic E-state index is 0.164. The quantitative estimate of drug-likeness (QED) is 0.643. The van der Waals surface area contributed by atoms with Crippen LogP contribution >= 0.6 is 11.8 Å². The second-order valence-corrected chi connectivity index (χ2v) is 6.01. The average molecular weight is 296 g/mol. The summed E-state index contributed by atoms with van der Waals surface area (Å²) in [7, 11) is 0. The molecule has 1 saturated heterocycles. The van der Waals surface area contributed by atoms with Crippen LogP contribution in [0.1, 0.15) is 25.3 Å². The molecular weight excluding hydrogens is 276 g/mol. The Bertz CT molecular complexity index is 462. The number of nitro benzene ring substituents is 1. The van der Waals surface area contributed by atoms with Gasteiger partial charge < -0.3 is 10.1 Å². The maximum atomic E-state index is 11.1. The molecule has 0 saturated carbocycles. The highest BCUT2D eigenvalue weighted by Crippen LogP contribution is 2.33. The van der Waals surface area contributed by atoms with Crippen LogP contribution in [-0.2, 0) is 10.5 Å². The van der Waals surface area contributed by atoms with Gasteiger partial charge in [0.25, 0.3) is 5.69 Å². The van der Waals surface area contributed by atoms with E-state index in [1.54, 1.807) is 12.1 Å². The normalized spacial score (nSPS) is 16.1. The molecule has 5 nitrogen and oxygen atoms in total. The van der Waals surface area contributed by atoms with Gasteiger partial charge in [0.1, 0.15) is 5.69 Å². The van der Waals surface area contributed by atoms with Gasteiger partial charge in [-0.2, -0.15) is 11.8 Å². The van der Waals surface area contributed by atoms with Crippen LogP contribution in [0.4, 0.5) is 11.4 Å². The van der Waals surface area contributed by atoms with Crippen molar-refractivity contribution in [3.05, 3.63) is 33.9 Å². The van der Waals surface area contributed by atoms with Gasteiger partial charge in [-0.1, -0.05) is 12.1 Å². The molecule has 0 spiro atoms. The number of rotatable bonds is 6. The third-order valence-corrected chi connectivity index (χ3v) is 4.74. The SMILES string of the molecule is CCNc1c(CSC2CCOCC2)cccc1[N+](=O)[O-]. The largest absolute Gasteiger partial charge is 0.381 e. The van der Waals surface area contributed by atoms with Crippen LogP contribution in [0.5, 0.6) is 0 Å². The first-order valence-corrected chi connectivity index (χ1v) is 7.96. The van der Waals surface area contributed by atoms with Crippen molar-refractivity contribution in [1.29, 1.82) is 0 Å². The predicted octanol–water partition coefficient (Wildman–Crippen LogP) is 3.44. The first-order chi connectivity index (χ1) is 9.72. The fourth-order valence-corrected chi connectivity index (χ4v) is 3.47. The van der Waals surface area contributed by atoms with Crippen LogP contribution in [0.2, 0.25) is 0 Å². The number of hydrogen-bond acceptors (Lipinski definition) is 5. The molecule has 0 aliphatic carbocycles. The van der Waals surface area contributed by atoms with E-state index in [0.717, 1.165) is 37.4 Å². The summed E-state index contributed by atoms with van der Waals surface area (Å²) in [5, 5.41) is 14.8. The fraction of sp³-hybridized carbons (Fsp3) is 0.571. The number of benzene rings is 1. The molecule has 0 bridgehead atoms. The third-order valence-electron chi connectivity index (χ3n) is 3.32. The summed E-state index contributed by atoms with van der Waals surface area (Å²) < 4.78 is 5.35. The third kappa shape index (κ3) is 3.86.